The largest absolute Gasteiger partial charge is 0.384 e. The van der Waals surface area contributed by atoms with Gasteiger partial charge in [-0.25, -0.2) is 9.97 Å². The number of pyridine rings is 1. The van der Waals surface area contributed by atoms with Gasteiger partial charge in [-0.2, -0.15) is 0 Å². The third kappa shape index (κ3) is 2.64. The van der Waals surface area contributed by atoms with E-state index in [9.17, 15) is 4.79 Å². The Bertz CT molecular complexity index is 656. The maximum atomic E-state index is 12.0. The number of hydrogen-bond donors (Lipinski definition) is 1. The lowest BCUT2D eigenvalue weighted by Gasteiger charge is -2.10. The Morgan fingerprint density at radius 3 is 2.94 bits per heavy atom. The lowest BCUT2D eigenvalue weighted by molar-refractivity contribution is 0.682. The van der Waals surface area contributed by atoms with E-state index < -0.39 is 0 Å². The van der Waals surface area contributed by atoms with Crippen molar-refractivity contribution in [3.05, 3.63) is 48.8 Å². The molecule has 0 atom stereocenters. The molecule has 7 heteroatoms. The van der Waals surface area contributed by atoms with Crippen LogP contribution < -0.4 is 11.3 Å². The number of aryl methyl sites for hydroxylation is 1. The first kappa shape index (κ1) is 13.3. The predicted octanol–water partition coefficient (Wildman–Crippen LogP) is 1.84. The molecule has 0 aliphatic rings. The van der Waals surface area contributed by atoms with Crippen molar-refractivity contribution in [1.29, 1.82) is 0 Å². The molecule has 2 aromatic rings. The Labute approximate surface area is 122 Å². The molecule has 2 aromatic heterocycles. The van der Waals surface area contributed by atoms with E-state index in [1.165, 1.54) is 4.57 Å². The van der Waals surface area contributed by atoms with Gasteiger partial charge in [-0.15, -0.1) is 0 Å². The molecule has 94 valence electrons. The quantitative estimate of drug-likeness (QED) is 0.812. The Kier molecular flexibility index (Phi) is 3.86. The van der Waals surface area contributed by atoms with Gasteiger partial charge in [0.2, 0.25) is 0 Å². The first-order chi connectivity index (χ1) is 8.49. The van der Waals surface area contributed by atoms with Crippen LogP contribution in [0.25, 0.3) is 0 Å². The van der Waals surface area contributed by atoms with Gasteiger partial charge in [0.15, 0.2) is 0 Å². The van der Waals surface area contributed by atoms with E-state index in [0.29, 0.717) is 25.9 Å². The summed E-state index contributed by atoms with van der Waals surface area (Å²) in [6, 6.07) is 3.29. The average molecular weight is 377 g/mol. The lowest BCUT2D eigenvalue weighted by Crippen LogP contribution is -2.26. The zero-order valence-corrected chi connectivity index (χ0v) is 12.4. The van der Waals surface area contributed by atoms with Crippen molar-refractivity contribution in [1.82, 2.24) is 14.5 Å². The van der Waals surface area contributed by atoms with Crippen molar-refractivity contribution in [2.45, 2.75) is 13.5 Å². The van der Waals surface area contributed by atoms with Crippen LogP contribution >= 0.6 is 34.2 Å². The predicted molar refractivity (Wildman–Crippen MR) is 78.7 cm³/mol. The highest BCUT2D eigenvalue weighted by Crippen LogP contribution is 2.16. The molecule has 0 amide bonds. The molecule has 0 radical (unpaired) electrons. The van der Waals surface area contributed by atoms with E-state index in [-0.39, 0.29) is 12.1 Å². The van der Waals surface area contributed by atoms with Gasteiger partial charge in [-0.05, 0) is 41.6 Å². The molecule has 2 N–H and O–H groups in total. The topological polar surface area (TPSA) is 73.8 Å². The molecule has 0 bridgehead atoms. The molecule has 2 rings (SSSR count). The minimum atomic E-state index is -0.108. The lowest BCUT2D eigenvalue weighted by atomic mass is 10.3. The van der Waals surface area contributed by atoms with Gasteiger partial charge in [0, 0.05) is 6.20 Å². The molecular formula is C11H10ClIN4O. The maximum absolute atomic E-state index is 12.0. The molecule has 0 saturated carbocycles. The van der Waals surface area contributed by atoms with Gasteiger partial charge in [0.1, 0.15) is 11.6 Å². The second-order valence-corrected chi connectivity index (χ2v) is 5.28. The van der Waals surface area contributed by atoms with Gasteiger partial charge in [-0.3, -0.25) is 9.36 Å². The van der Waals surface area contributed by atoms with Crippen LogP contribution in [0.2, 0.25) is 5.02 Å². The molecular weight excluding hydrogens is 367 g/mol. The number of nitrogen functional groups attached to an aromatic ring is 1. The Hall–Kier alpha value is -1.15. The zero-order chi connectivity index (χ0) is 13.3. The Morgan fingerprint density at radius 1 is 1.50 bits per heavy atom. The van der Waals surface area contributed by atoms with Crippen LogP contribution in [0.1, 0.15) is 11.5 Å². The number of nitrogens with zero attached hydrogens (tertiary/aromatic N) is 3. The first-order valence-corrected chi connectivity index (χ1v) is 6.57. The third-order valence-electron chi connectivity index (χ3n) is 2.45. The molecule has 18 heavy (non-hydrogen) atoms. The number of nitrogens with two attached hydrogens (primary N) is 1. The summed E-state index contributed by atoms with van der Waals surface area (Å²) in [6.07, 6.45) is 1.54. The van der Waals surface area contributed by atoms with Crippen LogP contribution in [0.15, 0.2) is 23.1 Å². The van der Waals surface area contributed by atoms with Gasteiger partial charge in [0.25, 0.3) is 5.56 Å². The van der Waals surface area contributed by atoms with Crippen LogP contribution in [-0.2, 0) is 6.54 Å². The summed E-state index contributed by atoms with van der Waals surface area (Å²) < 4.78 is 2.08. The van der Waals surface area contributed by atoms with Crippen LogP contribution in [0.4, 0.5) is 5.82 Å². The van der Waals surface area contributed by atoms with E-state index >= 15 is 0 Å². The molecule has 0 aliphatic heterocycles. The SMILES string of the molecule is Cc1ncc(I)c(=O)n1Cc1nc(N)ccc1Cl. The molecule has 0 fully saturated rings. The summed E-state index contributed by atoms with van der Waals surface area (Å²) in [7, 11) is 0. The highest BCUT2D eigenvalue weighted by molar-refractivity contribution is 14.1. The van der Waals surface area contributed by atoms with E-state index in [2.05, 4.69) is 9.97 Å². The summed E-state index contributed by atoms with van der Waals surface area (Å²) in [5.74, 6) is 0.986. The minimum Gasteiger partial charge on any atom is -0.384 e. The Balaban J connectivity index is 2.49. The number of rotatable bonds is 2. The van der Waals surface area contributed by atoms with Crippen molar-refractivity contribution in [3.63, 3.8) is 0 Å². The second-order valence-electron chi connectivity index (χ2n) is 3.71. The first-order valence-electron chi connectivity index (χ1n) is 5.12. The molecule has 0 unspecified atom stereocenters. The molecule has 0 aromatic carbocycles. The molecule has 2 heterocycles. The monoisotopic (exact) mass is 376 g/mol. The number of anilines is 1. The minimum absolute atomic E-state index is 0.108. The summed E-state index contributed by atoms with van der Waals surface area (Å²) in [4.78, 5) is 20.3. The zero-order valence-electron chi connectivity index (χ0n) is 9.52. The van der Waals surface area contributed by atoms with Crippen molar-refractivity contribution in [2.24, 2.45) is 0 Å². The molecule has 0 spiro atoms. The van der Waals surface area contributed by atoms with Crippen molar-refractivity contribution in [3.8, 4) is 0 Å². The molecule has 0 saturated heterocycles. The summed E-state index contributed by atoms with van der Waals surface area (Å²) in [5, 5.41) is 0.481. The maximum Gasteiger partial charge on any atom is 0.267 e. The normalized spacial score (nSPS) is 10.6. The summed E-state index contributed by atoms with van der Waals surface area (Å²) in [6.45, 7) is 2.02. The highest BCUT2D eigenvalue weighted by Gasteiger charge is 2.09. The van der Waals surface area contributed by atoms with Crippen LogP contribution in [0, 0.1) is 10.5 Å². The summed E-state index contributed by atoms with van der Waals surface area (Å²) in [5.41, 5.74) is 6.07. The van der Waals surface area contributed by atoms with Crippen molar-refractivity contribution >= 4 is 40.0 Å². The number of hydrogen-bond acceptors (Lipinski definition) is 4. The van der Waals surface area contributed by atoms with Crippen LogP contribution in [0.5, 0.6) is 0 Å². The van der Waals surface area contributed by atoms with Crippen molar-refractivity contribution in [2.75, 3.05) is 5.73 Å². The van der Waals surface area contributed by atoms with Gasteiger partial charge in [0.05, 0.1) is 20.8 Å². The Morgan fingerprint density at radius 2 is 2.22 bits per heavy atom. The van der Waals surface area contributed by atoms with Crippen LogP contribution in [0.3, 0.4) is 0 Å². The number of halogens is 2. The summed E-state index contributed by atoms with van der Waals surface area (Å²) >= 11 is 7.99. The third-order valence-corrected chi connectivity index (χ3v) is 3.54. The second kappa shape index (κ2) is 5.23. The molecule has 0 aliphatic carbocycles. The smallest absolute Gasteiger partial charge is 0.267 e. The van der Waals surface area contributed by atoms with Crippen LogP contribution in [-0.4, -0.2) is 14.5 Å². The van der Waals surface area contributed by atoms with E-state index in [4.69, 9.17) is 17.3 Å². The van der Waals surface area contributed by atoms with Gasteiger partial charge < -0.3 is 5.73 Å². The van der Waals surface area contributed by atoms with E-state index in [0.717, 1.165) is 0 Å². The van der Waals surface area contributed by atoms with E-state index in [1.807, 2.05) is 22.6 Å². The van der Waals surface area contributed by atoms with E-state index in [1.54, 1.807) is 25.3 Å². The van der Waals surface area contributed by atoms with Gasteiger partial charge >= 0.3 is 0 Å². The fourth-order valence-corrected chi connectivity index (χ4v) is 2.09. The number of aromatic nitrogens is 3. The fourth-order valence-electron chi connectivity index (χ4n) is 1.50. The molecule has 5 nitrogen and oxygen atoms in total. The highest BCUT2D eigenvalue weighted by atomic mass is 127. The van der Waals surface area contributed by atoms with Gasteiger partial charge in [-0.1, -0.05) is 11.6 Å². The standard InChI is InChI=1S/C11H10ClIN4O/c1-6-15-4-8(13)11(18)17(6)5-9-7(12)2-3-10(14)16-9/h2-4H,5H2,1H3,(H2,14,16). The average Bonchev–Trinajstić information content (AvgIpc) is 2.34. The van der Waals surface area contributed by atoms with Crippen molar-refractivity contribution < 1.29 is 0 Å². The fraction of sp³-hybridized carbons (Fsp3) is 0.182.